The van der Waals surface area contributed by atoms with Gasteiger partial charge in [0.2, 0.25) is 0 Å². The molecule has 2 aromatic rings. The second kappa shape index (κ2) is 6.84. The molecule has 25 heavy (non-hydrogen) atoms. The van der Waals surface area contributed by atoms with E-state index in [-0.39, 0.29) is 18.9 Å². The van der Waals surface area contributed by atoms with Crippen LogP contribution in [0.15, 0.2) is 42.5 Å². The Labute approximate surface area is 145 Å². The maximum absolute atomic E-state index is 12.8. The molecule has 1 aliphatic rings. The average Bonchev–Trinajstić information content (AvgIpc) is 2.65. The van der Waals surface area contributed by atoms with Crippen molar-refractivity contribution in [2.75, 3.05) is 14.2 Å². The topological polar surface area (TPSA) is 76.1 Å². The first-order valence-electron chi connectivity index (χ1n) is 7.87. The van der Waals surface area contributed by atoms with Gasteiger partial charge >= 0.3 is 5.97 Å². The first-order valence-corrected chi connectivity index (χ1v) is 7.87. The van der Waals surface area contributed by atoms with Crippen molar-refractivity contribution in [3.63, 3.8) is 0 Å². The van der Waals surface area contributed by atoms with Gasteiger partial charge in [0.1, 0.15) is 6.04 Å². The number of aliphatic carboxylic acids is 1. The van der Waals surface area contributed by atoms with Crippen LogP contribution in [0.25, 0.3) is 0 Å². The molecular weight excluding hydrogens is 322 g/mol. The molecule has 1 atom stereocenters. The molecular formula is C19H19NO5. The van der Waals surface area contributed by atoms with Gasteiger partial charge in [-0.3, -0.25) is 4.79 Å². The summed E-state index contributed by atoms with van der Waals surface area (Å²) in [5.74, 6) is -0.214. The second-order valence-electron chi connectivity index (χ2n) is 5.83. The minimum atomic E-state index is -1.02. The number of hydrogen-bond acceptors (Lipinski definition) is 4. The molecule has 0 aliphatic carbocycles. The Balaban J connectivity index is 2.00. The first-order chi connectivity index (χ1) is 12.0. The third kappa shape index (κ3) is 3.15. The predicted molar refractivity (Wildman–Crippen MR) is 91.0 cm³/mol. The molecule has 3 rings (SSSR count). The molecule has 0 saturated carbocycles. The van der Waals surface area contributed by atoms with Gasteiger partial charge in [0.25, 0.3) is 5.91 Å². The number of amides is 1. The number of ether oxygens (including phenoxy) is 2. The van der Waals surface area contributed by atoms with Crippen molar-refractivity contribution in [1.82, 2.24) is 4.90 Å². The summed E-state index contributed by atoms with van der Waals surface area (Å²) >= 11 is 0. The highest BCUT2D eigenvalue weighted by Crippen LogP contribution is 2.35. The summed E-state index contributed by atoms with van der Waals surface area (Å²) in [7, 11) is 3.08. The number of methoxy groups -OCH3 is 2. The number of benzene rings is 2. The van der Waals surface area contributed by atoms with Crippen LogP contribution < -0.4 is 9.47 Å². The van der Waals surface area contributed by atoms with Crippen molar-refractivity contribution in [3.05, 3.63) is 59.2 Å². The van der Waals surface area contributed by atoms with Crippen molar-refractivity contribution in [2.24, 2.45) is 0 Å². The Hall–Kier alpha value is -3.02. The molecule has 1 heterocycles. The van der Waals surface area contributed by atoms with Crippen LogP contribution in [0.4, 0.5) is 0 Å². The average molecular weight is 341 g/mol. The largest absolute Gasteiger partial charge is 0.493 e. The van der Waals surface area contributed by atoms with E-state index in [0.717, 1.165) is 11.1 Å². The van der Waals surface area contributed by atoms with Crippen LogP contribution in [-0.2, 0) is 17.8 Å². The van der Waals surface area contributed by atoms with Crippen molar-refractivity contribution in [2.45, 2.75) is 19.0 Å². The lowest BCUT2D eigenvalue weighted by molar-refractivity contribution is -0.142. The van der Waals surface area contributed by atoms with Gasteiger partial charge in [-0.15, -0.1) is 0 Å². The molecule has 130 valence electrons. The highest BCUT2D eigenvalue weighted by atomic mass is 16.5. The van der Waals surface area contributed by atoms with E-state index in [1.54, 1.807) is 43.5 Å². The number of fused-ring (bicyclic) bond motifs is 1. The summed E-state index contributed by atoms with van der Waals surface area (Å²) < 4.78 is 10.6. The normalized spacial score (nSPS) is 16.1. The zero-order valence-corrected chi connectivity index (χ0v) is 14.1. The van der Waals surface area contributed by atoms with E-state index in [4.69, 9.17) is 9.47 Å². The van der Waals surface area contributed by atoms with Crippen molar-refractivity contribution in [1.29, 1.82) is 0 Å². The lowest BCUT2D eigenvalue weighted by Crippen LogP contribution is -2.48. The van der Waals surface area contributed by atoms with Gasteiger partial charge < -0.3 is 19.5 Å². The number of carboxylic acids is 1. The van der Waals surface area contributed by atoms with E-state index < -0.39 is 12.0 Å². The summed E-state index contributed by atoms with van der Waals surface area (Å²) in [5, 5.41) is 9.61. The summed E-state index contributed by atoms with van der Waals surface area (Å²) in [6.45, 7) is 0.209. The molecule has 0 aromatic heterocycles. The van der Waals surface area contributed by atoms with Gasteiger partial charge in [-0.1, -0.05) is 18.2 Å². The maximum Gasteiger partial charge on any atom is 0.326 e. The van der Waals surface area contributed by atoms with Gasteiger partial charge in [0.05, 0.1) is 14.2 Å². The van der Waals surface area contributed by atoms with E-state index in [9.17, 15) is 14.7 Å². The fraction of sp³-hybridized carbons (Fsp3) is 0.263. The van der Waals surface area contributed by atoms with Crippen molar-refractivity contribution < 1.29 is 24.2 Å². The molecule has 0 radical (unpaired) electrons. The smallest absolute Gasteiger partial charge is 0.326 e. The molecule has 6 heteroatoms. The van der Waals surface area contributed by atoms with Gasteiger partial charge in [-0.2, -0.15) is 0 Å². The zero-order valence-electron chi connectivity index (χ0n) is 14.1. The first kappa shape index (κ1) is 16.8. The Bertz CT molecular complexity index is 803. The molecule has 1 N–H and O–H groups in total. The fourth-order valence-electron chi connectivity index (χ4n) is 3.09. The van der Waals surface area contributed by atoms with Gasteiger partial charge in [-0.25, -0.2) is 4.79 Å². The summed E-state index contributed by atoms with van der Waals surface area (Å²) in [5.41, 5.74) is 2.18. The van der Waals surface area contributed by atoms with E-state index in [0.29, 0.717) is 17.1 Å². The maximum atomic E-state index is 12.8. The third-order valence-electron chi connectivity index (χ3n) is 4.40. The molecule has 0 bridgehead atoms. The molecule has 0 saturated heterocycles. The third-order valence-corrected chi connectivity index (χ3v) is 4.40. The van der Waals surface area contributed by atoms with Gasteiger partial charge in [-0.05, 0) is 35.4 Å². The fourth-order valence-corrected chi connectivity index (χ4v) is 3.09. The summed E-state index contributed by atoms with van der Waals surface area (Å²) in [6, 6.07) is 11.4. The molecule has 1 amide bonds. The van der Waals surface area contributed by atoms with Crippen molar-refractivity contribution in [3.8, 4) is 11.5 Å². The van der Waals surface area contributed by atoms with Crippen molar-refractivity contribution >= 4 is 11.9 Å². The number of carboxylic acid groups (broad SMARTS) is 1. The van der Waals surface area contributed by atoms with Crippen LogP contribution in [0.5, 0.6) is 11.5 Å². The van der Waals surface area contributed by atoms with E-state index in [1.807, 2.05) is 6.07 Å². The lowest BCUT2D eigenvalue weighted by atomic mass is 9.92. The Morgan fingerprint density at radius 3 is 2.20 bits per heavy atom. The quantitative estimate of drug-likeness (QED) is 0.924. The van der Waals surface area contributed by atoms with Crippen LogP contribution in [0.3, 0.4) is 0 Å². The predicted octanol–water partition coefficient (Wildman–Crippen LogP) is 2.36. The second-order valence-corrected chi connectivity index (χ2v) is 5.83. The molecule has 0 unspecified atom stereocenters. The van der Waals surface area contributed by atoms with E-state index >= 15 is 0 Å². The summed E-state index contributed by atoms with van der Waals surface area (Å²) in [6.07, 6.45) is 0.226. The molecule has 1 aliphatic heterocycles. The highest BCUT2D eigenvalue weighted by Gasteiger charge is 2.35. The van der Waals surface area contributed by atoms with Crippen LogP contribution in [0.1, 0.15) is 21.5 Å². The summed E-state index contributed by atoms with van der Waals surface area (Å²) in [4.78, 5) is 25.9. The van der Waals surface area contributed by atoms with Crippen LogP contribution in [0, 0.1) is 0 Å². The molecule has 6 nitrogen and oxygen atoms in total. The van der Waals surface area contributed by atoms with Gasteiger partial charge in [0.15, 0.2) is 11.5 Å². The minimum Gasteiger partial charge on any atom is -0.493 e. The minimum absolute atomic E-state index is 0.209. The van der Waals surface area contributed by atoms with E-state index in [2.05, 4.69) is 0 Å². The molecule has 0 fully saturated rings. The Morgan fingerprint density at radius 2 is 1.64 bits per heavy atom. The lowest BCUT2D eigenvalue weighted by Gasteiger charge is -2.35. The van der Waals surface area contributed by atoms with Crippen LogP contribution in [-0.4, -0.2) is 42.1 Å². The highest BCUT2D eigenvalue weighted by molar-refractivity contribution is 5.97. The molecule has 2 aromatic carbocycles. The number of rotatable bonds is 4. The zero-order chi connectivity index (χ0) is 18.0. The number of nitrogens with zero attached hydrogens (tertiary/aromatic N) is 1. The standard InChI is InChI=1S/C19H19NO5/c1-24-16-9-13-8-15(19(22)23)20(11-14(13)10-17(16)25-2)18(21)12-6-4-3-5-7-12/h3-7,9-10,15H,8,11H2,1-2H3,(H,22,23)/t15-/m0/s1. The number of carbonyl (C=O) groups excluding carboxylic acids is 1. The monoisotopic (exact) mass is 341 g/mol. The Morgan fingerprint density at radius 1 is 1.04 bits per heavy atom. The molecule has 0 spiro atoms. The van der Waals surface area contributed by atoms with E-state index in [1.165, 1.54) is 12.0 Å². The van der Waals surface area contributed by atoms with Crippen LogP contribution in [0.2, 0.25) is 0 Å². The number of carbonyl (C=O) groups is 2. The SMILES string of the molecule is COc1cc2c(cc1OC)CN(C(=O)c1ccccc1)[C@H](C(=O)O)C2. The number of hydrogen-bond donors (Lipinski definition) is 1. The van der Waals surface area contributed by atoms with Gasteiger partial charge in [0, 0.05) is 18.5 Å². The Kier molecular flexibility index (Phi) is 4.61. The van der Waals surface area contributed by atoms with Crippen LogP contribution >= 0.6 is 0 Å².